The second-order valence-corrected chi connectivity index (χ2v) is 3.81. The summed E-state index contributed by atoms with van der Waals surface area (Å²) in [5, 5.41) is 5.53. The highest BCUT2D eigenvalue weighted by Gasteiger charge is 2.16. The SMILES string of the molecule is O=C(NC[C@@H]1CCOC1)Nc1cccnc1. The van der Waals surface area contributed by atoms with Crippen molar-refractivity contribution in [3.05, 3.63) is 24.5 Å². The van der Waals surface area contributed by atoms with Crippen molar-refractivity contribution in [1.82, 2.24) is 10.3 Å². The van der Waals surface area contributed by atoms with Crippen LogP contribution in [0.25, 0.3) is 0 Å². The number of nitrogens with zero attached hydrogens (tertiary/aromatic N) is 1. The van der Waals surface area contributed by atoms with Crippen molar-refractivity contribution in [2.45, 2.75) is 6.42 Å². The summed E-state index contributed by atoms with van der Waals surface area (Å²) < 4.78 is 5.23. The third kappa shape index (κ3) is 3.20. The van der Waals surface area contributed by atoms with E-state index in [1.807, 2.05) is 0 Å². The van der Waals surface area contributed by atoms with E-state index in [4.69, 9.17) is 4.74 Å². The summed E-state index contributed by atoms with van der Waals surface area (Å²) in [4.78, 5) is 15.4. The summed E-state index contributed by atoms with van der Waals surface area (Å²) in [5.74, 6) is 0.444. The van der Waals surface area contributed by atoms with Crippen molar-refractivity contribution in [3.8, 4) is 0 Å². The minimum absolute atomic E-state index is 0.195. The van der Waals surface area contributed by atoms with E-state index < -0.39 is 0 Å². The van der Waals surface area contributed by atoms with Gasteiger partial charge in [-0.2, -0.15) is 0 Å². The Labute approximate surface area is 94.2 Å². The molecule has 0 saturated carbocycles. The number of rotatable bonds is 3. The fourth-order valence-electron chi connectivity index (χ4n) is 1.59. The van der Waals surface area contributed by atoms with Gasteiger partial charge in [-0.15, -0.1) is 0 Å². The van der Waals surface area contributed by atoms with Crippen molar-refractivity contribution in [3.63, 3.8) is 0 Å². The zero-order valence-corrected chi connectivity index (χ0v) is 8.98. The summed E-state index contributed by atoms with van der Waals surface area (Å²) >= 11 is 0. The molecule has 0 bridgehead atoms. The van der Waals surface area contributed by atoms with Crippen LogP contribution in [0.1, 0.15) is 6.42 Å². The van der Waals surface area contributed by atoms with Crippen LogP contribution in [0.5, 0.6) is 0 Å². The predicted molar refractivity (Wildman–Crippen MR) is 60.2 cm³/mol. The first-order valence-electron chi connectivity index (χ1n) is 5.37. The molecule has 1 saturated heterocycles. The van der Waals surface area contributed by atoms with Gasteiger partial charge in [-0.05, 0) is 18.6 Å². The molecule has 2 amide bonds. The molecular weight excluding hydrogens is 206 g/mol. The highest BCUT2D eigenvalue weighted by molar-refractivity contribution is 5.88. The quantitative estimate of drug-likeness (QED) is 0.807. The van der Waals surface area contributed by atoms with Gasteiger partial charge in [0.1, 0.15) is 0 Å². The van der Waals surface area contributed by atoms with E-state index in [9.17, 15) is 4.79 Å². The van der Waals surface area contributed by atoms with Crippen LogP contribution >= 0.6 is 0 Å². The molecule has 1 aliphatic rings. The number of ether oxygens (including phenoxy) is 1. The molecule has 2 rings (SSSR count). The number of nitrogens with one attached hydrogen (secondary N) is 2. The van der Waals surface area contributed by atoms with E-state index in [0.717, 1.165) is 19.6 Å². The Bertz CT molecular complexity index is 336. The zero-order valence-electron chi connectivity index (χ0n) is 8.98. The Balaban J connectivity index is 1.72. The smallest absolute Gasteiger partial charge is 0.319 e. The lowest BCUT2D eigenvalue weighted by Crippen LogP contribution is -2.33. The number of carbonyl (C=O) groups is 1. The monoisotopic (exact) mass is 221 g/mol. The third-order valence-electron chi connectivity index (χ3n) is 2.49. The van der Waals surface area contributed by atoms with Crippen molar-refractivity contribution < 1.29 is 9.53 Å². The van der Waals surface area contributed by atoms with Gasteiger partial charge in [0.15, 0.2) is 0 Å². The molecule has 0 aromatic carbocycles. The summed E-state index contributed by atoms with van der Waals surface area (Å²) in [7, 11) is 0. The lowest BCUT2D eigenvalue weighted by Gasteiger charge is -2.10. The minimum atomic E-state index is -0.195. The summed E-state index contributed by atoms with van der Waals surface area (Å²) in [6.07, 6.45) is 4.30. The van der Waals surface area contributed by atoms with E-state index in [0.29, 0.717) is 18.2 Å². The van der Waals surface area contributed by atoms with Crippen LogP contribution in [0.2, 0.25) is 0 Å². The Hall–Kier alpha value is -1.62. The topological polar surface area (TPSA) is 63.2 Å². The molecule has 1 aromatic heterocycles. The number of amides is 2. The molecule has 1 aromatic rings. The third-order valence-corrected chi connectivity index (χ3v) is 2.49. The molecule has 16 heavy (non-hydrogen) atoms. The molecule has 1 aliphatic heterocycles. The number of anilines is 1. The van der Waals surface area contributed by atoms with Gasteiger partial charge in [-0.3, -0.25) is 4.98 Å². The van der Waals surface area contributed by atoms with Gasteiger partial charge in [0.25, 0.3) is 0 Å². The van der Waals surface area contributed by atoms with Crippen molar-refractivity contribution >= 4 is 11.7 Å². The molecule has 5 heteroatoms. The predicted octanol–water partition coefficient (Wildman–Crippen LogP) is 1.24. The second-order valence-electron chi connectivity index (χ2n) is 3.81. The Morgan fingerprint density at radius 1 is 1.62 bits per heavy atom. The maximum absolute atomic E-state index is 11.5. The number of urea groups is 1. The highest BCUT2D eigenvalue weighted by Crippen LogP contribution is 2.10. The van der Waals surface area contributed by atoms with Crippen LogP contribution < -0.4 is 10.6 Å². The molecule has 86 valence electrons. The lowest BCUT2D eigenvalue weighted by atomic mass is 10.1. The van der Waals surface area contributed by atoms with Crippen LogP contribution in [0.4, 0.5) is 10.5 Å². The summed E-state index contributed by atoms with van der Waals surface area (Å²) in [5.41, 5.74) is 0.697. The Morgan fingerprint density at radius 3 is 3.25 bits per heavy atom. The van der Waals surface area contributed by atoms with Crippen molar-refractivity contribution in [1.29, 1.82) is 0 Å². The van der Waals surface area contributed by atoms with Gasteiger partial charge in [-0.1, -0.05) is 0 Å². The lowest BCUT2D eigenvalue weighted by molar-refractivity contribution is 0.185. The molecule has 2 N–H and O–H groups in total. The molecule has 1 atom stereocenters. The fourth-order valence-corrected chi connectivity index (χ4v) is 1.59. The van der Waals surface area contributed by atoms with Gasteiger partial charge >= 0.3 is 6.03 Å². The largest absolute Gasteiger partial charge is 0.381 e. The molecule has 5 nitrogen and oxygen atoms in total. The first-order valence-corrected chi connectivity index (χ1v) is 5.37. The van der Waals surface area contributed by atoms with Crippen LogP contribution in [0.15, 0.2) is 24.5 Å². The van der Waals surface area contributed by atoms with Crippen LogP contribution in [-0.2, 0) is 4.74 Å². The number of pyridine rings is 1. The summed E-state index contributed by atoms with van der Waals surface area (Å²) in [6, 6.07) is 3.38. The van der Waals surface area contributed by atoms with Gasteiger partial charge in [0.05, 0.1) is 18.5 Å². The molecule has 0 spiro atoms. The Morgan fingerprint density at radius 2 is 2.56 bits per heavy atom. The maximum Gasteiger partial charge on any atom is 0.319 e. The fraction of sp³-hybridized carbons (Fsp3) is 0.455. The van der Waals surface area contributed by atoms with Crippen LogP contribution in [-0.4, -0.2) is 30.8 Å². The molecule has 2 heterocycles. The number of hydrogen-bond acceptors (Lipinski definition) is 3. The minimum Gasteiger partial charge on any atom is -0.381 e. The number of hydrogen-bond donors (Lipinski definition) is 2. The van der Waals surface area contributed by atoms with E-state index in [1.54, 1.807) is 24.5 Å². The van der Waals surface area contributed by atoms with Crippen molar-refractivity contribution in [2.24, 2.45) is 5.92 Å². The first-order chi connectivity index (χ1) is 7.84. The number of aromatic nitrogens is 1. The Kier molecular flexibility index (Phi) is 3.71. The van der Waals surface area contributed by atoms with Crippen molar-refractivity contribution in [2.75, 3.05) is 25.1 Å². The zero-order chi connectivity index (χ0) is 11.2. The van der Waals surface area contributed by atoms with Gasteiger partial charge in [-0.25, -0.2) is 4.79 Å². The van der Waals surface area contributed by atoms with Gasteiger partial charge < -0.3 is 15.4 Å². The van der Waals surface area contributed by atoms with Gasteiger partial charge in [0, 0.05) is 25.3 Å². The highest BCUT2D eigenvalue weighted by atomic mass is 16.5. The van der Waals surface area contributed by atoms with Gasteiger partial charge in [0.2, 0.25) is 0 Å². The molecule has 1 fully saturated rings. The molecule has 0 aliphatic carbocycles. The number of carbonyl (C=O) groups excluding carboxylic acids is 1. The average molecular weight is 221 g/mol. The second kappa shape index (κ2) is 5.46. The maximum atomic E-state index is 11.5. The molecular formula is C11H15N3O2. The van der Waals surface area contributed by atoms with E-state index in [2.05, 4.69) is 15.6 Å². The van der Waals surface area contributed by atoms with E-state index in [-0.39, 0.29) is 6.03 Å². The molecule has 0 radical (unpaired) electrons. The standard InChI is InChI=1S/C11H15N3O2/c15-11(13-6-9-3-5-16-8-9)14-10-2-1-4-12-7-10/h1-2,4,7,9H,3,5-6,8H2,(H2,13,14,15)/t9-/m0/s1. The summed E-state index contributed by atoms with van der Waals surface area (Å²) in [6.45, 7) is 2.20. The normalized spacial score (nSPS) is 19.4. The molecule has 0 unspecified atom stereocenters. The first kappa shape index (κ1) is 10.9. The van der Waals surface area contributed by atoms with Crippen LogP contribution in [0.3, 0.4) is 0 Å². The van der Waals surface area contributed by atoms with Crippen LogP contribution in [0, 0.1) is 5.92 Å². The average Bonchev–Trinajstić information content (AvgIpc) is 2.81. The van der Waals surface area contributed by atoms with E-state index in [1.165, 1.54) is 0 Å². The van der Waals surface area contributed by atoms with E-state index >= 15 is 0 Å².